The highest BCUT2D eigenvalue weighted by atomic mass is 15.5. The molecule has 1 aromatic heterocycles. The van der Waals surface area contributed by atoms with Crippen LogP contribution in [0, 0.1) is 13.8 Å². The van der Waals surface area contributed by atoms with Crippen LogP contribution in [-0.2, 0) is 0 Å². The Morgan fingerprint density at radius 3 is 2.45 bits per heavy atom. The molecule has 0 fully saturated rings. The number of nitrogens with zero attached hydrogens (tertiary/aromatic N) is 4. The van der Waals surface area contributed by atoms with Crippen LogP contribution in [0.15, 0.2) is 42.5 Å². The van der Waals surface area contributed by atoms with Gasteiger partial charge in [0.15, 0.2) is 5.82 Å². The Morgan fingerprint density at radius 2 is 1.70 bits per heavy atom. The van der Waals surface area contributed by atoms with Crippen molar-refractivity contribution < 1.29 is 0 Å². The number of anilines is 1. The fourth-order valence-electron chi connectivity index (χ4n) is 2.12. The average molecular weight is 265 g/mol. The average Bonchev–Trinajstić information content (AvgIpc) is 2.93. The fraction of sp³-hybridized carbons (Fsp3) is 0.133. The zero-order valence-electron chi connectivity index (χ0n) is 11.4. The lowest BCUT2D eigenvalue weighted by Gasteiger charge is -2.10. The number of nitrogens with two attached hydrogens (primary N) is 1. The molecule has 0 aliphatic heterocycles. The Bertz CT molecular complexity index is 746. The number of hydrogen-bond donors (Lipinski definition) is 1. The Kier molecular flexibility index (Phi) is 2.95. The van der Waals surface area contributed by atoms with E-state index in [9.17, 15) is 0 Å². The van der Waals surface area contributed by atoms with Gasteiger partial charge in [-0.15, -0.1) is 5.10 Å². The van der Waals surface area contributed by atoms with E-state index in [2.05, 4.69) is 15.5 Å². The van der Waals surface area contributed by atoms with E-state index in [-0.39, 0.29) is 0 Å². The van der Waals surface area contributed by atoms with Gasteiger partial charge in [-0.2, -0.15) is 4.68 Å². The Morgan fingerprint density at radius 1 is 1.00 bits per heavy atom. The van der Waals surface area contributed by atoms with E-state index in [0.717, 1.165) is 22.4 Å². The first-order valence-electron chi connectivity index (χ1n) is 6.37. The second kappa shape index (κ2) is 4.77. The van der Waals surface area contributed by atoms with Crippen LogP contribution in [0.1, 0.15) is 11.1 Å². The molecule has 5 nitrogen and oxygen atoms in total. The molecule has 0 amide bonds. The van der Waals surface area contributed by atoms with Gasteiger partial charge >= 0.3 is 0 Å². The van der Waals surface area contributed by atoms with Gasteiger partial charge in [0.1, 0.15) is 0 Å². The number of tetrazole rings is 1. The zero-order chi connectivity index (χ0) is 14.1. The van der Waals surface area contributed by atoms with Crippen molar-refractivity contribution in [2.75, 3.05) is 5.73 Å². The lowest BCUT2D eigenvalue weighted by molar-refractivity contribution is 0.791. The molecular formula is C15H15N5. The van der Waals surface area contributed by atoms with Gasteiger partial charge in [0, 0.05) is 5.56 Å². The molecule has 0 unspecified atom stereocenters. The van der Waals surface area contributed by atoms with Gasteiger partial charge in [0.2, 0.25) is 0 Å². The van der Waals surface area contributed by atoms with Crippen molar-refractivity contribution in [1.82, 2.24) is 20.2 Å². The highest BCUT2D eigenvalue weighted by Gasteiger charge is 2.13. The van der Waals surface area contributed by atoms with Crippen LogP contribution in [0.2, 0.25) is 0 Å². The zero-order valence-corrected chi connectivity index (χ0v) is 11.4. The smallest absolute Gasteiger partial charge is 0.187 e. The molecule has 2 N–H and O–H groups in total. The molecule has 20 heavy (non-hydrogen) atoms. The molecule has 0 aliphatic rings. The molecule has 0 spiro atoms. The minimum absolute atomic E-state index is 0.664. The van der Waals surface area contributed by atoms with E-state index in [4.69, 9.17) is 5.73 Å². The summed E-state index contributed by atoms with van der Waals surface area (Å²) in [7, 11) is 0. The first-order chi connectivity index (χ1) is 9.66. The predicted octanol–water partition coefficient (Wildman–Crippen LogP) is 2.53. The standard InChI is InChI=1S/C15H15N5/c1-10-8-13(16)14(9-11(10)2)20-15(17-18-19-20)12-6-4-3-5-7-12/h3-9H,16H2,1-2H3. The Hall–Kier alpha value is -2.69. The SMILES string of the molecule is Cc1cc(N)c(-n2nnnc2-c2ccccc2)cc1C. The van der Waals surface area contributed by atoms with Gasteiger partial charge < -0.3 is 5.73 Å². The van der Waals surface area contributed by atoms with E-state index >= 15 is 0 Å². The summed E-state index contributed by atoms with van der Waals surface area (Å²) in [5.74, 6) is 0.681. The largest absolute Gasteiger partial charge is 0.397 e. The Labute approximate surface area is 117 Å². The summed E-state index contributed by atoms with van der Waals surface area (Å²) < 4.78 is 1.68. The molecule has 0 bridgehead atoms. The van der Waals surface area contributed by atoms with Gasteiger partial charge in [0.05, 0.1) is 11.4 Å². The number of aromatic nitrogens is 4. The predicted molar refractivity (Wildman–Crippen MR) is 78.5 cm³/mol. The van der Waals surface area contributed by atoms with Crippen molar-refractivity contribution in [2.24, 2.45) is 0 Å². The molecular weight excluding hydrogens is 250 g/mol. The van der Waals surface area contributed by atoms with E-state index < -0.39 is 0 Å². The van der Waals surface area contributed by atoms with Crippen molar-refractivity contribution in [3.8, 4) is 17.1 Å². The number of benzene rings is 2. The first-order valence-corrected chi connectivity index (χ1v) is 6.37. The molecule has 1 heterocycles. The monoisotopic (exact) mass is 265 g/mol. The Balaban J connectivity index is 2.18. The van der Waals surface area contributed by atoms with Crippen LogP contribution in [0.3, 0.4) is 0 Å². The molecule has 2 aromatic carbocycles. The molecule has 3 rings (SSSR count). The van der Waals surface area contributed by atoms with Crippen LogP contribution >= 0.6 is 0 Å². The number of nitrogen functional groups attached to an aromatic ring is 1. The minimum Gasteiger partial charge on any atom is -0.397 e. The summed E-state index contributed by atoms with van der Waals surface area (Å²) in [6, 6.07) is 13.8. The first kappa shape index (κ1) is 12.3. The lowest BCUT2D eigenvalue weighted by atomic mass is 10.1. The van der Waals surface area contributed by atoms with Gasteiger partial charge in [-0.1, -0.05) is 30.3 Å². The van der Waals surface area contributed by atoms with Gasteiger partial charge in [-0.25, -0.2) is 0 Å². The molecule has 0 atom stereocenters. The molecule has 0 aliphatic carbocycles. The van der Waals surface area contributed by atoms with Crippen LogP contribution in [0.4, 0.5) is 5.69 Å². The van der Waals surface area contributed by atoms with Crippen molar-refractivity contribution in [3.63, 3.8) is 0 Å². The third-order valence-electron chi connectivity index (χ3n) is 3.37. The van der Waals surface area contributed by atoms with Gasteiger partial charge in [0.25, 0.3) is 0 Å². The third kappa shape index (κ3) is 2.03. The molecule has 100 valence electrons. The van der Waals surface area contributed by atoms with Crippen molar-refractivity contribution in [1.29, 1.82) is 0 Å². The van der Waals surface area contributed by atoms with E-state index in [1.165, 1.54) is 0 Å². The quantitative estimate of drug-likeness (QED) is 0.723. The van der Waals surface area contributed by atoms with Crippen molar-refractivity contribution >= 4 is 5.69 Å². The number of hydrogen-bond acceptors (Lipinski definition) is 4. The topological polar surface area (TPSA) is 69.6 Å². The van der Waals surface area contributed by atoms with Crippen LogP contribution in [-0.4, -0.2) is 20.2 Å². The molecule has 0 radical (unpaired) electrons. The summed E-state index contributed by atoms with van der Waals surface area (Å²) in [5, 5.41) is 11.9. The minimum atomic E-state index is 0.664. The van der Waals surface area contributed by atoms with Crippen LogP contribution in [0.25, 0.3) is 17.1 Å². The normalized spacial score (nSPS) is 10.7. The van der Waals surface area contributed by atoms with E-state index in [1.807, 2.05) is 56.3 Å². The second-order valence-electron chi connectivity index (χ2n) is 4.78. The second-order valence-corrected chi connectivity index (χ2v) is 4.78. The van der Waals surface area contributed by atoms with Crippen LogP contribution < -0.4 is 5.73 Å². The van der Waals surface area contributed by atoms with Gasteiger partial charge in [-0.05, 0) is 47.5 Å². The van der Waals surface area contributed by atoms with Crippen molar-refractivity contribution in [2.45, 2.75) is 13.8 Å². The molecule has 5 heteroatoms. The highest BCUT2D eigenvalue weighted by molar-refractivity contribution is 5.65. The fourth-order valence-corrected chi connectivity index (χ4v) is 2.12. The number of rotatable bonds is 2. The van der Waals surface area contributed by atoms with Crippen LogP contribution in [0.5, 0.6) is 0 Å². The molecule has 0 saturated carbocycles. The highest BCUT2D eigenvalue weighted by Crippen LogP contribution is 2.25. The summed E-state index contributed by atoms with van der Waals surface area (Å²) in [6.45, 7) is 4.08. The maximum absolute atomic E-state index is 6.11. The third-order valence-corrected chi connectivity index (χ3v) is 3.37. The molecule has 3 aromatic rings. The molecule has 0 saturated heterocycles. The summed E-state index contributed by atoms with van der Waals surface area (Å²) >= 11 is 0. The van der Waals surface area contributed by atoms with Gasteiger partial charge in [-0.3, -0.25) is 0 Å². The summed E-state index contributed by atoms with van der Waals surface area (Å²) in [5.41, 5.74) is 10.8. The number of aryl methyl sites for hydroxylation is 2. The lowest BCUT2D eigenvalue weighted by Crippen LogP contribution is -2.05. The summed E-state index contributed by atoms with van der Waals surface area (Å²) in [6.07, 6.45) is 0. The van der Waals surface area contributed by atoms with Crippen molar-refractivity contribution in [3.05, 3.63) is 53.6 Å². The summed E-state index contributed by atoms with van der Waals surface area (Å²) in [4.78, 5) is 0. The maximum atomic E-state index is 6.11. The van der Waals surface area contributed by atoms with E-state index in [1.54, 1.807) is 4.68 Å². The maximum Gasteiger partial charge on any atom is 0.187 e. The van der Waals surface area contributed by atoms with E-state index in [0.29, 0.717) is 11.5 Å².